The molecule has 0 saturated heterocycles. The van der Waals surface area contributed by atoms with Crippen molar-refractivity contribution in [1.29, 1.82) is 0 Å². The standard InChI is InChI=1S/C15H15BrFNO2S/c1-11-10-13(17)4-7-15(11)21(19,20)18-14-5-2-12(3-6-14)8-9-16/h2-7,10,18H,8-9H2,1H3. The molecular weight excluding hydrogens is 357 g/mol. The Hall–Kier alpha value is -1.40. The van der Waals surface area contributed by atoms with E-state index in [0.717, 1.165) is 23.4 Å². The number of aryl methyl sites for hydroxylation is 2. The first-order valence-electron chi connectivity index (χ1n) is 6.36. The second kappa shape index (κ2) is 6.58. The van der Waals surface area contributed by atoms with Gasteiger partial charge in [-0.05, 0) is 54.8 Å². The number of alkyl halides is 1. The van der Waals surface area contributed by atoms with Crippen molar-refractivity contribution in [3.8, 4) is 0 Å². The summed E-state index contributed by atoms with van der Waals surface area (Å²) in [6.45, 7) is 1.57. The fraction of sp³-hybridized carbons (Fsp3) is 0.200. The van der Waals surface area contributed by atoms with E-state index in [2.05, 4.69) is 20.7 Å². The molecule has 0 aromatic heterocycles. The number of rotatable bonds is 5. The van der Waals surface area contributed by atoms with Crippen molar-refractivity contribution in [3.05, 3.63) is 59.4 Å². The van der Waals surface area contributed by atoms with Gasteiger partial charge in [-0.2, -0.15) is 0 Å². The van der Waals surface area contributed by atoms with E-state index in [-0.39, 0.29) is 4.90 Å². The van der Waals surface area contributed by atoms with Crippen LogP contribution in [0.4, 0.5) is 10.1 Å². The topological polar surface area (TPSA) is 46.2 Å². The summed E-state index contributed by atoms with van der Waals surface area (Å²) < 4.78 is 40.2. The van der Waals surface area contributed by atoms with Crippen LogP contribution in [0.15, 0.2) is 47.4 Å². The predicted octanol–water partition coefficient (Wildman–Crippen LogP) is 3.87. The Balaban J connectivity index is 2.24. The Morgan fingerprint density at radius 3 is 2.38 bits per heavy atom. The molecule has 0 heterocycles. The fourth-order valence-electron chi connectivity index (χ4n) is 1.97. The SMILES string of the molecule is Cc1cc(F)ccc1S(=O)(=O)Nc1ccc(CCBr)cc1. The summed E-state index contributed by atoms with van der Waals surface area (Å²) in [4.78, 5) is 0.0773. The van der Waals surface area contributed by atoms with Gasteiger partial charge in [0.15, 0.2) is 0 Å². The minimum atomic E-state index is -3.71. The summed E-state index contributed by atoms with van der Waals surface area (Å²) in [5, 5.41) is 0.854. The van der Waals surface area contributed by atoms with Crippen LogP contribution in [0, 0.1) is 12.7 Å². The number of anilines is 1. The van der Waals surface area contributed by atoms with Crippen LogP contribution in [0.2, 0.25) is 0 Å². The van der Waals surface area contributed by atoms with Gasteiger partial charge in [0.25, 0.3) is 10.0 Å². The molecule has 3 nitrogen and oxygen atoms in total. The van der Waals surface area contributed by atoms with Gasteiger partial charge in [0.2, 0.25) is 0 Å². The van der Waals surface area contributed by atoms with E-state index in [1.165, 1.54) is 12.1 Å². The molecule has 0 aliphatic heterocycles. The Morgan fingerprint density at radius 2 is 1.81 bits per heavy atom. The lowest BCUT2D eigenvalue weighted by Crippen LogP contribution is -2.14. The normalized spacial score (nSPS) is 11.4. The average Bonchev–Trinajstić information content (AvgIpc) is 2.40. The number of sulfonamides is 1. The molecule has 0 unspecified atom stereocenters. The van der Waals surface area contributed by atoms with Gasteiger partial charge in [-0.1, -0.05) is 28.1 Å². The van der Waals surface area contributed by atoms with Crippen molar-refractivity contribution >= 4 is 31.6 Å². The molecule has 2 aromatic carbocycles. The molecule has 0 radical (unpaired) electrons. The minimum absolute atomic E-state index is 0.0773. The number of benzene rings is 2. The molecule has 0 atom stereocenters. The molecule has 0 saturated carbocycles. The molecule has 0 fully saturated rings. The predicted molar refractivity (Wildman–Crippen MR) is 85.9 cm³/mol. The summed E-state index contributed by atoms with van der Waals surface area (Å²) in [6, 6.07) is 10.8. The number of hydrogen-bond acceptors (Lipinski definition) is 2. The zero-order valence-corrected chi connectivity index (χ0v) is 13.8. The molecule has 0 aliphatic rings. The Bertz CT molecular complexity index is 730. The number of halogens is 2. The van der Waals surface area contributed by atoms with Crippen LogP contribution in [-0.4, -0.2) is 13.7 Å². The molecule has 1 N–H and O–H groups in total. The van der Waals surface area contributed by atoms with E-state index in [4.69, 9.17) is 0 Å². The van der Waals surface area contributed by atoms with Gasteiger partial charge in [-0.25, -0.2) is 12.8 Å². The van der Waals surface area contributed by atoms with Crippen molar-refractivity contribution in [1.82, 2.24) is 0 Å². The maximum Gasteiger partial charge on any atom is 0.262 e. The Labute approximate surface area is 132 Å². The summed E-state index contributed by atoms with van der Waals surface area (Å²) in [5.41, 5.74) is 1.98. The molecular formula is C15H15BrFNO2S. The molecule has 0 bridgehead atoms. The molecule has 0 amide bonds. The summed E-state index contributed by atoms with van der Waals surface area (Å²) in [6.07, 6.45) is 0.879. The molecule has 0 spiro atoms. The second-order valence-corrected chi connectivity index (χ2v) is 7.10. The molecule has 112 valence electrons. The van der Waals surface area contributed by atoms with Crippen molar-refractivity contribution in [2.24, 2.45) is 0 Å². The van der Waals surface area contributed by atoms with Crippen LogP contribution in [0.25, 0.3) is 0 Å². The molecule has 6 heteroatoms. The van der Waals surface area contributed by atoms with Gasteiger partial charge >= 0.3 is 0 Å². The van der Waals surface area contributed by atoms with Crippen LogP contribution >= 0.6 is 15.9 Å². The lowest BCUT2D eigenvalue weighted by atomic mass is 10.2. The lowest BCUT2D eigenvalue weighted by Gasteiger charge is -2.11. The second-order valence-electron chi connectivity index (χ2n) is 4.65. The summed E-state index contributed by atoms with van der Waals surface area (Å²) in [7, 11) is -3.71. The van der Waals surface area contributed by atoms with Gasteiger partial charge < -0.3 is 0 Å². The van der Waals surface area contributed by atoms with Crippen LogP contribution in [0.1, 0.15) is 11.1 Å². The number of nitrogens with one attached hydrogen (secondary N) is 1. The Kier molecular flexibility index (Phi) is 5.00. The van der Waals surface area contributed by atoms with Crippen LogP contribution < -0.4 is 4.72 Å². The van der Waals surface area contributed by atoms with E-state index in [9.17, 15) is 12.8 Å². The quantitative estimate of drug-likeness (QED) is 0.810. The first-order chi connectivity index (χ1) is 9.92. The highest BCUT2D eigenvalue weighted by Gasteiger charge is 2.17. The first-order valence-corrected chi connectivity index (χ1v) is 8.97. The van der Waals surface area contributed by atoms with Gasteiger partial charge in [0.05, 0.1) is 4.90 Å². The monoisotopic (exact) mass is 371 g/mol. The van der Waals surface area contributed by atoms with Gasteiger partial charge in [0.1, 0.15) is 5.82 Å². The van der Waals surface area contributed by atoms with Crippen LogP contribution in [0.3, 0.4) is 0 Å². The van der Waals surface area contributed by atoms with Crippen molar-refractivity contribution < 1.29 is 12.8 Å². The van der Waals surface area contributed by atoms with E-state index in [1.54, 1.807) is 19.1 Å². The first kappa shape index (κ1) is 16.0. The van der Waals surface area contributed by atoms with Gasteiger partial charge in [-0.3, -0.25) is 4.72 Å². The fourth-order valence-corrected chi connectivity index (χ4v) is 3.72. The van der Waals surface area contributed by atoms with E-state index < -0.39 is 15.8 Å². The van der Waals surface area contributed by atoms with E-state index in [1.807, 2.05) is 12.1 Å². The minimum Gasteiger partial charge on any atom is -0.280 e. The Morgan fingerprint density at radius 1 is 1.14 bits per heavy atom. The highest BCUT2D eigenvalue weighted by molar-refractivity contribution is 9.09. The van der Waals surface area contributed by atoms with Gasteiger partial charge in [0, 0.05) is 11.0 Å². The largest absolute Gasteiger partial charge is 0.280 e. The molecule has 21 heavy (non-hydrogen) atoms. The van der Waals surface area contributed by atoms with Crippen LogP contribution in [0.5, 0.6) is 0 Å². The van der Waals surface area contributed by atoms with Crippen molar-refractivity contribution in [2.45, 2.75) is 18.2 Å². The highest BCUT2D eigenvalue weighted by atomic mass is 79.9. The molecule has 0 aliphatic carbocycles. The van der Waals surface area contributed by atoms with Crippen molar-refractivity contribution in [3.63, 3.8) is 0 Å². The maximum absolute atomic E-state index is 13.1. The van der Waals surface area contributed by atoms with E-state index in [0.29, 0.717) is 11.3 Å². The molecule has 2 rings (SSSR count). The zero-order valence-electron chi connectivity index (χ0n) is 11.4. The average molecular weight is 372 g/mol. The number of hydrogen-bond donors (Lipinski definition) is 1. The van der Waals surface area contributed by atoms with Gasteiger partial charge in [-0.15, -0.1) is 0 Å². The summed E-state index contributed by atoms with van der Waals surface area (Å²) >= 11 is 3.36. The third kappa shape index (κ3) is 4.04. The lowest BCUT2D eigenvalue weighted by molar-refractivity contribution is 0.598. The summed E-state index contributed by atoms with van der Waals surface area (Å²) in [5.74, 6) is -0.453. The van der Waals surface area contributed by atoms with Crippen molar-refractivity contribution in [2.75, 3.05) is 10.1 Å². The van der Waals surface area contributed by atoms with Crippen LogP contribution in [-0.2, 0) is 16.4 Å². The molecule has 2 aromatic rings. The third-order valence-corrected chi connectivity index (χ3v) is 4.95. The zero-order chi connectivity index (χ0) is 15.5. The third-order valence-electron chi connectivity index (χ3n) is 3.02. The maximum atomic E-state index is 13.1. The van der Waals surface area contributed by atoms with E-state index >= 15 is 0 Å². The highest BCUT2D eigenvalue weighted by Crippen LogP contribution is 2.20. The smallest absolute Gasteiger partial charge is 0.262 e.